The zero-order valence-electron chi connectivity index (χ0n) is 14.5. The number of ether oxygens (including phenoxy) is 1. The van der Waals surface area contributed by atoms with Gasteiger partial charge in [-0.3, -0.25) is 9.69 Å². The van der Waals surface area contributed by atoms with E-state index in [2.05, 4.69) is 17.1 Å². The minimum absolute atomic E-state index is 0. The summed E-state index contributed by atoms with van der Waals surface area (Å²) in [5.41, 5.74) is 0. The highest BCUT2D eigenvalue weighted by atomic mass is 35.5. The van der Waals surface area contributed by atoms with E-state index in [-0.39, 0.29) is 30.7 Å². The second-order valence-corrected chi connectivity index (χ2v) is 6.21. The Bertz CT molecular complexity index is 330. The van der Waals surface area contributed by atoms with E-state index in [1.165, 1.54) is 12.8 Å². The first-order valence-electron chi connectivity index (χ1n) is 8.54. The first-order valence-corrected chi connectivity index (χ1v) is 8.54. The highest BCUT2D eigenvalue weighted by Crippen LogP contribution is 2.27. The monoisotopic (exact) mass is 369 g/mol. The molecule has 1 heterocycles. The average Bonchev–Trinajstić information content (AvgIpc) is 3.31. The summed E-state index contributed by atoms with van der Waals surface area (Å²) in [4.78, 5) is 16.8. The van der Waals surface area contributed by atoms with Crippen molar-refractivity contribution in [1.29, 1.82) is 0 Å². The van der Waals surface area contributed by atoms with Crippen LogP contribution in [0.4, 0.5) is 0 Å². The lowest BCUT2D eigenvalue weighted by Gasteiger charge is -2.41. The Morgan fingerprint density at radius 3 is 2.57 bits per heavy atom. The van der Waals surface area contributed by atoms with Gasteiger partial charge < -0.3 is 15.0 Å². The molecule has 0 aromatic carbocycles. The molecule has 0 aromatic heterocycles. The van der Waals surface area contributed by atoms with Gasteiger partial charge in [0.05, 0.1) is 13.2 Å². The summed E-state index contributed by atoms with van der Waals surface area (Å²) in [7, 11) is 0. The van der Waals surface area contributed by atoms with Gasteiger partial charge in [-0.05, 0) is 38.6 Å². The lowest BCUT2D eigenvalue weighted by molar-refractivity contribution is -0.133. The van der Waals surface area contributed by atoms with E-state index in [0.717, 1.165) is 58.3 Å². The van der Waals surface area contributed by atoms with Crippen LogP contribution in [0.2, 0.25) is 0 Å². The third-order valence-corrected chi connectivity index (χ3v) is 4.56. The second kappa shape index (κ2) is 12.3. The standard InChI is InChI=1S/C16H31N3O2.2ClH/c1-3-15-13-19(8-7-18(15)9-10-21-4-2)16(20)12-17-11-14-5-6-14;;/h14-15,17H,3-13H2,1-2H3;2*1H. The fraction of sp³-hybridized carbons (Fsp3) is 0.938. The lowest BCUT2D eigenvalue weighted by Crippen LogP contribution is -2.56. The number of nitrogens with one attached hydrogen (secondary N) is 1. The van der Waals surface area contributed by atoms with Gasteiger partial charge in [0.2, 0.25) is 5.91 Å². The highest BCUT2D eigenvalue weighted by Gasteiger charge is 2.28. The first kappa shape index (κ1) is 22.9. The number of halogens is 2. The number of carbonyl (C=O) groups excluding carboxylic acids is 1. The van der Waals surface area contributed by atoms with Gasteiger partial charge in [-0.1, -0.05) is 6.92 Å². The fourth-order valence-corrected chi connectivity index (χ4v) is 2.94. The van der Waals surface area contributed by atoms with E-state index in [1.54, 1.807) is 0 Å². The number of carbonyl (C=O) groups is 1. The molecule has 1 aliphatic heterocycles. The average molecular weight is 370 g/mol. The number of rotatable bonds is 9. The van der Waals surface area contributed by atoms with Crippen molar-refractivity contribution < 1.29 is 9.53 Å². The van der Waals surface area contributed by atoms with Crippen molar-refractivity contribution >= 4 is 30.7 Å². The number of nitrogens with zero attached hydrogens (tertiary/aromatic N) is 2. The summed E-state index contributed by atoms with van der Waals surface area (Å²) >= 11 is 0. The van der Waals surface area contributed by atoms with Crippen LogP contribution < -0.4 is 5.32 Å². The van der Waals surface area contributed by atoms with E-state index in [1.807, 2.05) is 11.8 Å². The van der Waals surface area contributed by atoms with Crippen LogP contribution in [0.15, 0.2) is 0 Å². The molecule has 1 atom stereocenters. The van der Waals surface area contributed by atoms with Crippen LogP contribution in [0.5, 0.6) is 0 Å². The van der Waals surface area contributed by atoms with E-state index >= 15 is 0 Å². The predicted molar refractivity (Wildman–Crippen MR) is 98.8 cm³/mol. The highest BCUT2D eigenvalue weighted by molar-refractivity contribution is 5.85. The molecule has 1 aliphatic carbocycles. The summed E-state index contributed by atoms with van der Waals surface area (Å²) in [5, 5.41) is 3.31. The molecule has 138 valence electrons. The minimum Gasteiger partial charge on any atom is -0.380 e. The Morgan fingerprint density at radius 2 is 1.96 bits per heavy atom. The van der Waals surface area contributed by atoms with Gasteiger partial charge in [-0.25, -0.2) is 0 Å². The van der Waals surface area contributed by atoms with Crippen LogP contribution in [0.25, 0.3) is 0 Å². The SMILES string of the molecule is CCOCCN1CCN(C(=O)CNCC2CC2)CC1CC.Cl.Cl. The molecule has 1 unspecified atom stereocenters. The maximum absolute atomic E-state index is 12.2. The van der Waals surface area contributed by atoms with E-state index < -0.39 is 0 Å². The second-order valence-electron chi connectivity index (χ2n) is 6.21. The summed E-state index contributed by atoms with van der Waals surface area (Å²) in [6.07, 6.45) is 3.75. The van der Waals surface area contributed by atoms with E-state index in [0.29, 0.717) is 12.6 Å². The van der Waals surface area contributed by atoms with Crippen molar-refractivity contribution in [1.82, 2.24) is 15.1 Å². The molecule has 0 aromatic rings. The summed E-state index contributed by atoms with van der Waals surface area (Å²) < 4.78 is 5.45. The molecule has 2 rings (SSSR count). The van der Waals surface area contributed by atoms with Gasteiger partial charge in [-0.15, -0.1) is 24.8 Å². The number of piperazine rings is 1. The Labute approximate surface area is 153 Å². The predicted octanol–water partition coefficient (Wildman–Crippen LogP) is 1.79. The van der Waals surface area contributed by atoms with Crippen molar-refractivity contribution in [2.24, 2.45) is 5.92 Å². The molecule has 1 saturated carbocycles. The van der Waals surface area contributed by atoms with Gasteiger partial charge in [0.25, 0.3) is 0 Å². The summed E-state index contributed by atoms with van der Waals surface area (Å²) in [6.45, 7) is 11.0. The zero-order chi connectivity index (χ0) is 15.1. The van der Waals surface area contributed by atoms with Gasteiger partial charge >= 0.3 is 0 Å². The van der Waals surface area contributed by atoms with Crippen LogP contribution in [0.3, 0.4) is 0 Å². The molecule has 2 aliphatic rings. The van der Waals surface area contributed by atoms with Crippen LogP contribution in [0.1, 0.15) is 33.1 Å². The normalized spacial score (nSPS) is 21.5. The Balaban J connectivity index is 0.00000242. The molecular formula is C16H33Cl2N3O2. The van der Waals surface area contributed by atoms with Crippen LogP contribution in [-0.4, -0.2) is 74.2 Å². The summed E-state index contributed by atoms with van der Waals surface area (Å²) in [5.74, 6) is 1.09. The fourth-order valence-electron chi connectivity index (χ4n) is 2.94. The van der Waals surface area contributed by atoms with Crippen LogP contribution in [0, 0.1) is 5.92 Å². The maximum Gasteiger partial charge on any atom is 0.236 e. The Morgan fingerprint density at radius 1 is 1.22 bits per heavy atom. The maximum atomic E-state index is 12.2. The molecule has 7 heteroatoms. The van der Waals surface area contributed by atoms with Gasteiger partial charge in [-0.2, -0.15) is 0 Å². The quantitative estimate of drug-likeness (QED) is 0.629. The molecule has 2 fully saturated rings. The van der Waals surface area contributed by atoms with Crippen LogP contribution >= 0.6 is 24.8 Å². The Kier molecular flexibility index (Phi) is 12.3. The molecule has 5 nitrogen and oxygen atoms in total. The van der Waals surface area contributed by atoms with Crippen molar-refractivity contribution in [3.8, 4) is 0 Å². The largest absolute Gasteiger partial charge is 0.380 e. The molecular weight excluding hydrogens is 337 g/mol. The van der Waals surface area contributed by atoms with E-state index in [4.69, 9.17) is 4.74 Å². The number of hydrogen-bond donors (Lipinski definition) is 1. The van der Waals surface area contributed by atoms with Gasteiger partial charge in [0, 0.05) is 38.8 Å². The molecule has 1 N–H and O–H groups in total. The number of hydrogen-bond acceptors (Lipinski definition) is 4. The number of amides is 1. The molecule has 0 radical (unpaired) electrons. The minimum atomic E-state index is 0. The van der Waals surface area contributed by atoms with Crippen molar-refractivity contribution in [2.45, 2.75) is 39.2 Å². The van der Waals surface area contributed by atoms with E-state index in [9.17, 15) is 4.79 Å². The third-order valence-electron chi connectivity index (χ3n) is 4.56. The molecule has 23 heavy (non-hydrogen) atoms. The Hall–Kier alpha value is -0.0700. The van der Waals surface area contributed by atoms with Gasteiger partial charge in [0.1, 0.15) is 0 Å². The topological polar surface area (TPSA) is 44.8 Å². The van der Waals surface area contributed by atoms with Crippen molar-refractivity contribution in [3.05, 3.63) is 0 Å². The van der Waals surface area contributed by atoms with Crippen molar-refractivity contribution in [2.75, 3.05) is 52.5 Å². The molecule has 1 amide bonds. The van der Waals surface area contributed by atoms with Gasteiger partial charge in [0.15, 0.2) is 0 Å². The molecule has 0 bridgehead atoms. The smallest absolute Gasteiger partial charge is 0.236 e. The summed E-state index contributed by atoms with van der Waals surface area (Å²) in [6, 6.07) is 0.478. The molecule has 1 saturated heterocycles. The molecule has 0 spiro atoms. The zero-order valence-corrected chi connectivity index (χ0v) is 16.1. The first-order chi connectivity index (χ1) is 10.2. The lowest BCUT2D eigenvalue weighted by atomic mass is 10.1. The van der Waals surface area contributed by atoms with Crippen molar-refractivity contribution in [3.63, 3.8) is 0 Å². The third kappa shape index (κ3) is 8.03. The van der Waals surface area contributed by atoms with Crippen LogP contribution in [-0.2, 0) is 9.53 Å².